The molecule has 0 amide bonds. The molecule has 4 aromatic rings. The largest absolute Gasteiger partial charge is 0.345 e. The maximum atomic E-state index is 13.5. The van der Waals surface area contributed by atoms with Gasteiger partial charge in [-0.3, -0.25) is 4.40 Å². The molecule has 1 aliphatic rings. The quantitative estimate of drug-likeness (QED) is 0.516. The number of hydrogen-bond donors (Lipinski definition) is 2. The van der Waals surface area contributed by atoms with Crippen LogP contribution in [0.1, 0.15) is 36.6 Å². The fourth-order valence-corrected chi connectivity index (χ4v) is 5.34. The van der Waals surface area contributed by atoms with Crippen molar-refractivity contribution in [3.8, 4) is 6.07 Å². The van der Waals surface area contributed by atoms with Crippen LogP contribution in [0.3, 0.4) is 0 Å². The minimum atomic E-state index is -3.88. The summed E-state index contributed by atoms with van der Waals surface area (Å²) in [7, 11) is -3.88. The van der Waals surface area contributed by atoms with E-state index in [0.29, 0.717) is 18.5 Å². The molecule has 0 aliphatic heterocycles. The molecule has 0 saturated heterocycles. The number of nitrogens with zero attached hydrogens (tertiary/aromatic N) is 5. The molecule has 1 aromatic carbocycles. The van der Waals surface area contributed by atoms with Gasteiger partial charge in [-0.25, -0.2) is 22.5 Å². The predicted octanol–water partition coefficient (Wildman–Crippen LogP) is 2.23. The zero-order chi connectivity index (χ0) is 20.9. The van der Waals surface area contributed by atoms with E-state index < -0.39 is 15.8 Å². The van der Waals surface area contributed by atoms with Gasteiger partial charge in [-0.15, -0.1) is 10.2 Å². The third-order valence-corrected chi connectivity index (χ3v) is 6.97. The highest BCUT2D eigenvalue weighted by Crippen LogP contribution is 2.35. The molecule has 0 spiro atoms. The molecule has 0 bridgehead atoms. The Hall–Kier alpha value is -3.36. The van der Waals surface area contributed by atoms with Crippen molar-refractivity contribution in [1.82, 2.24) is 29.3 Å². The van der Waals surface area contributed by atoms with Crippen molar-refractivity contribution in [2.24, 2.45) is 0 Å². The van der Waals surface area contributed by atoms with Crippen LogP contribution in [0.5, 0.6) is 0 Å². The number of aromatic amines is 1. The SMILES string of the molecule is N#Cc1cc(S(=O)(=O)N[C@H]2CC[C@@H](c3nnc4cnc5[nH]ccc5n34)C2)ccc1F. The summed E-state index contributed by atoms with van der Waals surface area (Å²) in [6, 6.07) is 6.46. The highest BCUT2D eigenvalue weighted by molar-refractivity contribution is 7.89. The molecule has 0 radical (unpaired) electrons. The van der Waals surface area contributed by atoms with Crippen LogP contribution in [0.15, 0.2) is 41.6 Å². The molecular formula is C19H16FN7O2S. The van der Waals surface area contributed by atoms with Crippen LogP contribution >= 0.6 is 0 Å². The molecule has 2 N–H and O–H groups in total. The third-order valence-electron chi connectivity index (χ3n) is 5.46. The number of nitriles is 1. The average molecular weight is 425 g/mol. The lowest BCUT2D eigenvalue weighted by Crippen LogP contribution is -2.33. The highest BCUT2D eigenvalue weighted by atomic mass is 32.2. The molecule has 9 nitrogen and oxygen atoms in total. The fraction of sp³-hybridized carbons (Fsp3) is 0.263. The lowest BCUT2D eigenvalue weighted by atomic mass is 10.1. The first-order valence-corrected chi connectivity index (χ1v) is 10.8. The van der Waals surface area contributed by atoms with Gasteiger partial charge in [-0.2, -0.15) is 5.26 Å². The average Bonchev–Trinajstić information content (AvgIpc) is 3.45. The number of H-pyrrole nitrogens is 1. The Morgan fingerprint density at radius 2 is 2.13 bits per heavy atom. The molecule has 11 heteroatoms. The van der Waals surface area contributed by atoms with Crippen LogP contribution in [0, 0.1) is 17.1 Å². The van der Waals surface area contributed by atoms with E-state index in [1.807, 2.05) is 10.5 Å². The maximum absolute atomic E-state index is 13.5. The minimum absolute atomic E-state index is 0.0242. The van der Waals surface area contributed by atoms with Crippen LogP contribution in [-0.4, -0.2) is 39.0 Å². The minimum Gasteiger partial charge on any atom is -0.345 e. The first-order valence-electron chi connectivity index (χ1n) is 9.35. The number of fused-ring (bicyclic) bond motifs is 3. The van der Waals surface area contributed by atoms with E-state index in [2.05, 4.69) is 24.9 Å². The Labute approximate surface area is 170 Å². The van der Waals surface area contributed by atoms with Gasteiger partial charge in [0.2, 0.25) is 10.0 Å². The molecule has 2 atom stereocenters. The Kier molecular flexibility index (Phi) is 4.27. The standard InChI is InChI=1S/C19H16FN7O2S/c20-15-4-3-14(8-12(15)9-21)30(28,29)26-13-2-1-11(7-13)19-25-24-17-10-23-18-16(27(17)19)5-6-22-18/h3-6,8,10-11,13,22,26H,1-2,7H2/t11-,13+/m1/s1. The molecule has 3 heterocycles. The van der Waals surface area contributed by atoms with Crippen LogP contribution in [0.25, 0.3) is 16.8 Å². The number of nitrogens with one attached hydrogen (secondary N) is 2. The number of sulfonamides is 1. The van der Waals surface area contributed by atoms with Crippen molar-refractivity contribution < 1.29 is 12.8 Å². The van der Waals surface area contributed by atoms with Gasteiger partial charge in [0.1, 0.15) is 17.7 Å². The predicted molar refractivity (Wildman–Crippen MR) is 104 cm³/mol. The number of aromatic nitrogens is 5. The molecule has 1 saturated carbocycles. The van der Waals surface area contributed by atoms with Crippen LogP contribution in [-0.2, 0) is 10.0 Å². The van der Waals surface area contributed by atoms with E-state index in [0.717, 1.165) is 41.6 Å². The lowest BCUT2D eigenvalue weighted by molar-refractivity contribution is 0.546. The Bertz CT molecular complexity index is 1420. The molecule has 5 rings (SSSR count). The number of benzene rings is 1. The molecule has 3 aromatic heterocycles. The van der Waals surface area contributed by atoms with E-state index in [-0.39, 0.29) is 22.4 Å². The van der Waals surface area contributed by atoms with Gasteiger partial charge in [0.25, 0.3) is 0 Å². The number of halogens is 1. The normalized spacial score (nSPS) is 19.5. The molecule has 30 heavy (non-hydrogen) atoms. The van der Waals surface area contributed by atoms with Crippen LogP contribution in [0.2, 0.25) is 0 Å². The summed E-state index contributed by atoms with van der Waals surface area (Å²) in [6.07, 6.45) is 5.37. The van der Waals surface area contributed by atoms with Crippen molar-refractivity contribution >= 4 is 26.8 Å². The Morgan fingerprint density at radius 1 is 1.27 bits per heavy atom. The van der Waals surface area contributed by atoms with E-state index in [9.17, 15) is 12.8 Å². The second kappa shape index (κ2) is 6.86. The van der Waals surface area contributed by atoms with Crippen molar-refractivity contribution in [2.75, 3.05) is 0 Å². The molecular weight excluding hydrogens is 409 g/mol. The van der Waals surface area contributed by atoms with Gasteiger partial charge < -0.3 is 4.98 Å². The van der Waals surface area contributed by atoms with E-state index >= 15 is 0 Å². The van der Waals surface area contributed by atoms with Gasteiger partial charge in [0.05, 0.1) is 22.2 Å². The van der Waals surface area contributed by atoms with Gasteiger partial charge in [0, 0.05) is 18.2 Å². The monoisotopic (exact) mass is 425 g/mol. The van der Waals surface area contributed by atoms with Gasteiger partial charge in [-0.1, -0.05) is 0 Å². The van der Waals surface area contributed by atoms with Gasteiger partial charge >= 0.3 is 0 Å². The van der Waals surface area contributed by atoms with Crippen LogP contribution in [0.4, 0.5) is 4.39 Å². The number of hydrogen-bond acceptors (Lipinski definition) is 6. The van der Waals surface area contributed by atoms with Crippen molar-refractivity contribution in [2.45, 2.75) is 36.1 Å². The number of rotatable bonds is 4. The van der Waals surface area contributed by atoms with Gasteiger partial charge in [0.15, 0.2) is 11.3 Å². The van der Waals surface area contributed by atoms with Crippen molar-refractivity contribution in [3.63, 3.8) is 0 Å². The summed E-state index contributed by atoms with van der Waals surface area (Å²) in [5.41, 5.74) is 1.92. The molecule has 0 unspecified atom stereocenters. The highest BCUT2D eigenvalue weighted by Gasteiger charge is 2.32. The summed E-state index contributed by atoms with van der Waals surface area (Å²) < 4.78 is 43.6. The summed E-state index contributed by atoms with van der Waals surface area (Å²) in [5, 5.41) is 17.5. The van der Waals surface area contributed by atoms with Crippen molar-refractivity contribution in [1.29, 1.82) is 5.26 Å². The summed E-state index contributed by atoms with van der Waals surface area (Å²) >= 11 is 0. The van der Waals surface area contributed by atoms with Crippen molar-refractivity contribution in [3.05, 3.63) is 53.9 Å². The Morgan fingerprint density at radius 3 is 2.97 bits per heavy atom. The maximum Gasteiger partial charge on any atom is 0.240 e. The summed E-state index contributed by atoms with van der Waals surface area (Å²) in [4.78, 5) is 7.24. The Balaban J connectivity index is 1.40. The zero-order valence-electron chi connectivity index (χ0n) is 15.6. The van der Waals surface area contributed by atoms with Gasteiger partial charge in [-0.05, 0) is 43.5 Å². The second-order valence-electron chi connectivity index (χ2n) is 7.30. The molecule has 152 valence electrons. The first kappa shape index (κ1) is 18.7. The molecule has 1 aliphatic carbocycles. The van der Waals surface area contributed by atoms with E-state index in [4.69, 9.17) is 5.26 Å². The van der Waals surface area contributed by atoms with Crippen LogP contribution < -0.4 is 4.72 Å². The first-order chi connectivity index (χ1) is 14.5. The fourth-order valence-electron chi connectivity index (χ4n) is 4.03. The smallest absolute Gasteiger partial charge is 0.240 e. The van der Waals surface area contributed by atoms with E-state index in [1.165, 1.54) is 0 Å². The topological polar surface area (TPSA) is 129 Å². The third kappa shape index (κ3) is 3.01. The lowest BCUT2D eigenvalue weighted by Gasteiger charge is -2.14. The molecule has 1 fully saturated rings. The van der Waals surface area contributed by atoms with E-state index in [1.54, 1.807) is 18.5 Å². The summed E-state index contributed by atoms with van der Waals surface area (Å²) in [5.74, 6) is 0.0463. The summed E-state index contributed by atoms with van der Waals surface area (Å²) in [6.45, 7) is 0. The second-order valence-corrected chi connectivity index (χ2v) is 9.02. The zero-order valence-corrected chi connectivity index (χ0v) is 16.4.